The Morgan fingerprint density at radius 1 is 1.23 bits per heavy atom. The van der Waals surface area contributed by atoms with Gasteiger partial charge in [-0.25, -0.2) is 0 Å². The normalized spacial score (nSPS) is 13.4. The third-order valence-corrected chi connectivity index (χ3v) is 5.47. The lowest BCUT2D eigenvalue weighted by Crippen LogP contribution is -2.45. The zero-order valence-corrected chi connectivity index (χ0v) is 20.7. The standard InChI is InChI=1S/C26H40ClNO2/c1-10-13-15-19(14-11-2)25(26(6,7)8)28-22(12-3)20-16-17-21(27)24(23(20)29-9)30-18(4)5/h10,16-19,25,28H,1,3,11,13-15H2,2,4-9H3/t19?,25-/m1/s1. The van der Waals surface area contributed by atoms with E-state index in [9.17, 15) is 0 Å². The van der Waals surface area contributed by atoms with Crippen molar-refractivity contribution in [3.05, 3.63) is 47.7 Å². The van der Waals surface area contributed by atoms with Crippen molar-refractivity contribution in [2.24, 2.45) is 11.3 Å². The number of hydrogen-bond donors (Lipinski definition) is 1. The third kappa shape index (κ3) is 7.15. The molecule has 1 rings (SSSR count). The van der Waals surface area contributed by atoms with Gasteiger partial charge in [-0.2, -0.15) is 0 Å². The lowest BCUT2D eigenvalue weighted by atomic mass is 9.75. The summed E-state index contributed by atoms with van der Waals surface area (Å²) in [6.45, 7) is 20.9. The zero-order valence-electron chi connectivity index (χ0n) is 19.9. The molecule has 0 fully saturated rings. The highest BCUT2D eigenvalue weighted by molar-refractivity contribution is 6.32. The Labute approximate surface area is 189 Å². The molecule has 2 atom stereocenters. The van der Waals surface area contributed by atoms with E-state index in [1.54, 1.807) is 7.11 Å². The first-order valence-electron chi connectivity index (χ1n) is 10.9. The van der Waals surface area contributed by atoms with Gasteiger partial charge in [0.05, 0.1) is 29.5 Å². The van der Waals surface area contributed by atoms with Crippen LogP contribution in [0.2, 0.25) is 5.02 Å². The summed E-state index contributed by atoms with van der Waals surface area (Å²) in [5.74, 6) is 1.65. The van der Waals surface area contributed by atoms with Crippen LogP contribution in [0, 0.1) is 11.3 Å². The number of ether oxygens (including phenoxy) is 2. The number of rotatable bonds is 12. The van der Waals surface area contributed by atoms with Crippen LogP contribution in [0.15, 0.2) is 37.1 Å². The summed E-state index contributed by atoms with van der Waals surface area (Å²) in [5.41, 5.74) is 4.80. The fourth-order valence-electron chi connectivity index (χ4n) is 3.89. The molecule has 1 aromatic carbocycles. The molecule has 1 unspecified atom stereocenters. The molecule has 168 valence electrons. The molecule has 3 nitrogen and oxygen atoms in total. The molecule has 0 spiro atoms. The van der Waals surface area contributed by atoms with Gasteiger partial charge in [0.2, 0.25) is 0 Å². The second-order valence-corrected chi connectivity index (χ2v) is 9.49. The molecule has 30 heavy (non-hydrogen) atoms. The zero-order chi connectivity index (χ0) is 22.9. The van der Waals surface area contributed by atoms with Crippen LogP contribution in [0.5, 0.6) is 11.5 Å². The van der Waals surface area contributed by atoms with Gasteiger partial charge in [-0.05, 0) is 56.6 Å². The van der Waals surface area contributed by atoms with Gasteiger partial charge in [-0.15, -0.1) is 12.3 Å². The number of hydrogen-bond acceptors (Lipinski definition) is 3. The molecule has 0 heterocycles. The first-order valence-corrected chi connectivity index (χ1v) is 11.3. The molecule has 1 N–H and O–H groups in total. The summed E-state index contributed by atoms with van der Waals surface area (Å²) in [4.78, 5) is 0. The minimum atomic E-state index is -0.0223. The van der Waals surface area contributed by atoms with E-state index in [0.29, 0.717) is 22.4 Å². The van der Waals surface area contributed by atoms with Gasteiger partial charge >= 0.3 is 0 Å². The predicted octanol–water partition coefficient (Wildman–Crippen LogP) is 7.65. The fraction of sp³-hybridized carbons (Fsp3) is 0.577. The maximum Gasteiger partial charge on any atom is 0.180 e. The van der Waals surface area contributed by atoms with Crippen molar-refractivity contribution in [3.63, 3.8) is 0 Å². The number of allylic oxidation sites excluding steroid dienone is 1. The number of benzene rings is 1. The summed E-state index contributed by atoms with van der Waals surface area (Å²) in [7, 11) is 1.63. The van der Waals surface area contributed by atoms with Crippen LogP contribution >= 0.6 is 11.6 Å². The first kappa shape index (κ1) is 26.2. The summed E-state index contributed by atoms with van der Waals surface area (Å²) in [6, 6.07) is 4.01. The highest BCUT2D eigenvalue weighted by Crippen LogP contribution is 2.42. The van der Waals surface area contributed by atoms with E-state index in [1.807, 2.05) is 32.1 Å². The third-order valence-electron chi connectivity index (χ3n) is 5.17. The quantitative estimate of drug-likeness (QED) is 0.271. The Bertz CT molecular complexity index is 742. The lowest BCUT2D eigenvalue weighted by Gasteiger charge is -2.39. The topological polar surface area (TPSA) is 30.5 Å². The van der Waals surface area contributed by atoms with Crippen LogP contribution in [0.1, 0.15) is 72.8 Å². The molecule has 0 radical (unpaired) electrons. The molecule has 0 aliphatic carbocycles. The van der Waals surface area contributed by atoms with Gasteiger partial charge in [-0.3, -0.25) is 0 Å². The maximum absolute atomic E-state index is 6.42. The Balaban J connectivity index is 3.42. The summed E-state index contributed by atoms with van der Waals surface area (Å²) < 4.78 is 11.7. The molecule has 0 saturated carbocycles. The van der Waals surface area contributed by atoms with Crippen LogP contribution in [-0.2, 0) is 0 Å². The van der Waals surface area contributed by atoms with E-state index in [4.69, 9.17) is 21.1 Å². The Morgan fingerprint density at radius 2 is 1.90 bits per heavy atom. The molecule has 0 aliphatic rings. The molecule has 0 aromatic heterocycles. The second-order valence-electron chi connectivity index (χ2n) is 9.08. The second kappa shape index (κ2) is 12.1. The molecule has 0 bridgehead atoms. The van der Waals surface area contributed by atoms with Crippen molar-refractivity contribution in [2.45, 2.75) is 79.4 Å². The fourth-order valence-corrected chi connectivity index (χ4v) is 4.08. The lowest BCUT2D eigenvalue weighted by molar-refractivity contribution is 0.194. The molecule has 0 amide bonds. The highest BCUT2D eigenvalue weighted by Gasteiger charge is 2.33. The van der Waals surface area contributed by atoms with Crippen molar-refractivity contribution >= 4 is 17.3 Å². The van der Waals surface area contributed by atoms with E-state index in [1.165, 1.54) is 0 Å². The largest absolute Gasteiger partial charge is 0.492 e. The van der Waals surface area contributed by atoms with Crippen molar-refractivity contribution in [2.75, 3.05) is 7.11 Å². The number of methoxy groups -OCH3 is 1. The van der Waals surface area contributed by atoms with Gasteiger partial charge in [0, 0.05) is 6.04 Å². The average molecular weight is 434 g/mol. The molecule has 1 aromatic rings. The molecular weight excluding hydrogens is 394 g/mol. The minimum absolute atomic E-state index is 0.0223. The van der Waals surface area contributed by atoms with Crippen LogP contribution < -0.4 is 14.8 Å². The summed E-state index contributed by atoms with van der Waals surface area (Å²) in [5, 5.41) is 4.28. The van der Waals surface area contributed by atoms with Gasteiger partial charge in [-0.1, -0.05) is 58.4 Å². The Kier molecular flexibility index (Phi) is 10.6. The van der Waals surface area contributed by atoms with Crippen LogP contribution in [0.25, 0.3) is 5.70 Å². The van der Waals surface area contributed by atoms with Gasteiger partial charge < -0.3 is 14.8 Å². The van der Waals surface area contributed by atoms with Gasteiger partial charge in [0.15, 0.2) is 11.5 Å². The maximum atomic E-state index is 6.42. The molecule has 0 saturated heterocycles. The van der Waals surface area contributed by atoms with E-state index < -0.39 is 0 Å². The number of nitrogens with one attached hydrogen (secondary N) is 1. The molecule has 4 heteroatoms. The van der Waals surface area contributed by atoms with Crippen molar-refractivity contribution in [1.29, 1.82) is 0 Å². The van der Waals surface area contributed by atoms with Gasteiger partial charge in [0.1, 0.15) is 0 Å². The predicted molar refractivity (Wildman–Crippen MR) is 131 cm³/mol. The SMILES string of the molecule is C=C=C(N[C@H](C(CCC)CCC=C)C(C)(C)C)c1ccc(Cl)c(OC(C)C)c1OC. The van der Waals surface area contributed by atoms with Crippen molar-refractivity contribution in [3.8, 4) is 11.5 Å². The average Bonchev–Trinajstić information content (AvgIpc) is 2.67. The van der Waals surface area contributed by atoms with E-state index in [0.717, 1.165) is 36.9 Å². The van der Waals surface area contributed by atoms with Crippen LogP contribution in [0.3, 0.4) is 0 Å². The van der Waals surface area contributed by atoms with Gasteiger partial charge in [0.25, 0.3) is 0 Å². The first-order chi connectivity index (χ1) is 14.1. The van der Waals surface area contributed by atoms with E-state index in [2.05, 4.69) is 51.9 Å². The molecular formula is C26H40ClNO2. The highest BCUT2D eigenvalue weighted by atomic mass is 35.5. The van der Waals surface area contributed by atoms with Crippen molar-refractivity contribution < 1.29 is 9.47 Å². The summed E-state index contributed by atoms with van der Waals surface area (Å²) >= 11 is 6.42. The van der Waals surface area contributed by atoms with Crippen molar-refractivity contribution in [1.82, 2.24) is 5.32 Å². The minimum Gasteiger partial charge on any atom is -0.492 e. The van der Waals surface area contributed by atoms with E-state index >= 15 is 0 Å². The van der Waals surface area contributed by atoms with E-state index in [-0.39, 0.29) is 17.6 Å². The molecule has 0 aliphatic heterocycles. The monoisotopic (exact) mass is 433 g/mol. The smallest absolute Gasteiger partial charge is 0.180 e. The van der Waals surface area contributed by atoms with Crippen LogP contribution in [-0.4, -0.2) is 19.3 Å². The number of halogens is 1. The Hall–Kier alpha value is -1.83. The Morgan fingerprint density at radius 3 is 2.37 bits per heavy atom. The van der Waals surface area contributed by atoms with Crippen LogP contribution in [0.4, 0.5) is 0 Å². The summed E-state index contributed by atoms with van der Waals surface area (Å²) in [6.07, 6.45) is 6.36.